The Balaban J connectivity index is 1.60. The van der Waals surface area contributed by atoms with E-state index in [0.717, 1.165) is 73.8 Å². The highest BCUT2D eigenvalue weighted by Gasteiger charge is 2.27. The Morgan fingerprint density at radius 1 is 1.19 bits per heavy atom. The monoisotopic (exact) mass is 366 g/mol. The number of carbonyl (C=O) groups is 2. The Morgan fingerprint density at radius 3 is 2.78 bits per heavy atom. The van der Waals surface area contributed by atoms with Gasteiger partial charge >= 0.3 is 5.97 Å². The molecule has 1 aliphatic heterocycles. The number of rotatable bonds is 3. The number of amides is 1. The van der Waals surface area contributed by atoms with E-state index in [-0.39, 0.29) is 12.5 Å². The number of ether oxygens (including phenoxy) is 1. The predicted octanol–water partition coefficient (Wildman–Crippen LogP) is 3.53. The zero-order chi connectivity index (χ0) is 18.8. The number of nitrogens with zero attached hydrogens (tertiary/aromatic N) is 2. The lowest BCUT2D eigenvalue weighted by molar-refractivity contribution is -0.135. The van der Waals surface area contributed by atoms with Crippen molar-refractivity contribution in [1.82, 2.24) is 9.88 Å². The summed E-state index contributed by atoms with van der Waals surface area (Å²) in [5.74, 6) is 0.0231. The lowest BCUT2D eigenvalue weighted by atomic mass is 9.84. The van der Waals surface area contributed by atoms with E-state index in [1.807, 2.05) is 24.3 Å². The number of likely N-dealkylation sites (tertiary alicyclic amines) is 1. The van der Waals surface area contributed by atoms with Gasteiger partial charge in [0.15, 0.2) is 6.61 Å². The van der Waals surface area contributed by atoms with Crippen molar-refractivity contribution in [2.24, 2.45) is 5.92 Å². The normalized spacial score (nSPS) is 19.6. The van der Waals surface area contributed by atoms with Crippen LogP contribution < -0.4 is 0 Å². The molecule has 1 unspecified atom stereocenters. The average molecular weight is 366 g/mol. The van der Waals surface area contributed by atoms with Crippen LogP contribution >= 0.6 is 0 Å². The van der Waals surface area contributed by atoms with E-state index < -0.39 is 5.97 Å². The van der Waals surface area contributed by atoms with Crippen molar-refractivity contribution in [1.29, 1.82) is 0 Å². The zero-order valence-electron chi connectivity index (χ0n) is 15.9. The number of carbonyl (C=O) groups excluding carboxylic acids is 2. The molecule has 2 aromatic rings. The first-order valence-electron chi connectivity index (χ1n) is 9.99. The van der Waals surface area contributed by atoms with Crippen molar-refractivity contribution in [3.05, 3.63) is 41.1 Å². The number of piperidine rings is 1. The third-order valence-electron chi connectivity index (χ3n) is 5.75. The molecule has 1 saturated heterocycles. The number of hydrogen-bond donors (Lipinski definition) is 0. The van der Waals surface area contributed by atoms with Gasteiger partial charge in [-0.3, -0.25) is 9.78 Å². The fourth-order valence-corrected chi connectivity index (χ4v) is 4.23. The van der Waals surface area contributed by atoms with Crippen molar-refractivity contribution in [3.8, 4) is 0 Å². The average Bonchev–Trinajstić information content (AvgIpc) is 2.70. The van der Waals surface area contributed by atoms with E-state index in [4.69, 9.17) is 9.72 Å². The standard InChI is InChI=1S/C22H26N2O3/c1-15-9-10-19-17(13-15)21(16-7-3-4-8-18(16)23-19)22(26)27-14-20(25)24-11-5-2-6-12-24/h3-4,7-8,15H,2,5-6,9-14H2,1H3. The fourth-order valence-electron chi connectivity index (χ4n) is 4.23. The number of esters is 1. The molecule has 1 aliphatic carbocycles. The van der Waals surface area contributed by atoms with Crippen LogP contribution in [0.25, 0.3) is 10.9 Å². The van der Waals surface area contributed by atoms with Gasteiger partial charge in [-0.05, 0) is 56.1 Å². The van der Waals surface area contributed by atoms with Crippen molar-refractivity contribution in [3.63, 3.8) is 0 Å². The predicted molar refractivity (Wildman–Crippen MR) is 104 cm³/mol. The minimum atomic E-state index is -0.399. The van der Waals surface area contributed by atoms with Crippen LogP contribution in [0.2, 0.25) is 0 Å². The van der Waals surface area contributed by atoms with Crippen LogP contribution in [0.15, 0.2) is 24.3 Å². The highest BCUT2D eigenvalue weighted by Crippen LogP contribution is 2.32. The van der Waals surface area contributed by atoms with Crippen LogP contribution in [0.1, 0.15) is 54.2 Å². The Kier molecular flexibility index (Phi) is 5.10. The minimum absolute atomic E-state index is 0.0938. The van der Waals surface area contributed by atoms with Crippen molar-refractivity contribution < 1.29 is 14.3 Å². The van der Waals surface area contributed by atoms with Gasteiger partial charge in [-0.15, -0.1) is 0 Å². The molecule has 2 aliphatic rings. The number of aryl methyl sites for hydroxylation is 1. The van der Waals surface area contributed by atoms with Crippen LogP contribution in [-0.2, 0) is 22.4 Å². The molecule has 0 spiro atoms. The number of para-hydroxylation sites is 1. The molecule has 2 heterocycles. The molecule has 5 heteroatoms. The molecule has 5 nitrogen and oxygen atoms in total. The summed E-state index contributed by atoms with van der Waals surface area (Å²) in [7, 11) is 0. The van der Waals surface area contributed by atoms with Crippen LogP contribution in [0.4, 0.5) is 0 Å². The van der Waals surface area contributed by atoms with E-state index in [1.54, 1.807) is 4.90 Å². The van der Waals surface area contributed by atoms with Crippen molar-refractivity contribution in [2.45, 2.75) is 45.4 Å². The molecule has 1 atom stereocenters. The molecule has 0 saturated carbocycles. The molecule has 142 valence electrons. The first-order valence-corrected chi connectivity index (χ1v) is 9.99. The molecule has 0 N–H and O–H groups in total. The summed E-state index contributed by atoms with van der Waals surface area (Å²) in [5, 5.41) is 0.820. The summed E-state index contributed by atoms with van der Waals surface area (Å²) in [6.45, 7) is 3.55. The molecule has 27 heavy (non-hydrogen) atoms. The van der Waals surface area contributed by atoms with Gasteiger partial charge in [0.05, 0.1) is 11.1 Å². The van der Waals surface area contributed by atoms with Gasteiger partial charge in [0, 0.05) is 24.2 Å². The maximum Gasteiger partial charge on any atom is 0.339 e. The molecular formula is C22H26N2O3. The van der Waals surface area contributed by atoms with E-state index in [9.17, 15) is 9.59 Å². The maximum atomic E-state index is 13.0. The van der Waals surface area contributed by atoms with E-state index >= 15 is 0 Å². The smallest absolute Gasteiger partial charge is 0.339 e. The largest absolute Gasteiger partial charge is 0.452 e. The molecule has 0 bridgehead atoms. The lowest BCUT2D eigenvalue weighted by Gasteiger charge is -2.27. The topological polar surface area (TPSA) is 59.5 Å². The summed E-state index contributed by atoms with van der Waals surface area (Å²) >= 11 is 0. The Morgan fingerprint density at radius 2 is 1.96 bits per heavy atom. The third kappa shape index (κ3) is 3.68. The zero-order valence-corrected chi connectivity index (χ0v) is 15.9. The van der Waals surface area contributed by atoms with Crippen LogP contribution in [-0.4, -0.2) is 41.5 Å². The van der Waals surface area contributed by atoms with Crippen LogP contribution in [0.5, 0.6) is 0 Å². The van der Waals surface area contributed by atoms with Crippen LogP contribution in [0, 0.1) is 5.92 Å². The van der Waals surface area contributed by atoms with Crippen molar-refractivity contribution >= 4 is 22.8 Å². The van der Waals surface area contributed by atoms with E-state index in [2.05, 4.69) is 6.92 Å². The summed E-state index contributed by atoms with van der Waals surface area (Å²) in [6, 6.07) is 7.70. The SMILES string of the molecule is CC1CCc2nc3ccccc3c(C(=O)OCC(=O)N3CCCCC3)c2C1. The number of pyridine rings is 1. The lowest BCUT2D eigenvalue weighted by Crippen LogP contribution is -2.38. The number of fused-ring (bicyclic) bond motifs is 2. The summed E-state index contributed by atoms with van der Waals surface area (Å²) in [5.41, 5.74) is 3.43. The van der Waals surface area contributed by atoms with Gasteiger partial charge < -0.3 is 9.64 Å². The molecule has 0 radical (unpaired) electrons. The molecule has 4 rings (SSSR count). The first-order chi connectivity index (χ1) is 13.1. The Labute approximate surface area is 159 Å². The molecular weight excluding hydrogens is 340 g/mol. The summed E-state index contributed by atoms with van der Waals surface area (Å²) in [4.78, 5) is 32.0. The van der Waals surface area contributed by atoms with Gasteiger partial charge in [-0.1, -0.05) is 25.1 Å². The highest BCUT2D eigenvalue weighted by molar-refractivity contribution is 6.05. The molecule has 1 fully saturated rings. The van der Waals surface area contributed by atoms with Gasteiger partial charge in [0.1, 0.15) is 0 Å². The van der Waals surface area contributed by atoms with E-state index in [0.29, 0.717) is 11.5 Å². The van der Waals surface area contributed by atoms with Crippen LogP contribution in [0.3, 0.4) is 0 Å². The summed E-state index contributed by atoms with van der Waals surface area (Å²) < 4.78 is 5.49. The number of aromatic nitrogens is 1. The quantitative estimate of drug-likeness (QED) is 0.780. The fraction of sp³-hybridized carbons (Fsp3) is 0.500. The molecule has 1 aromatic heterocycles. The second-order valence-electron chi connectivity index (χ2n) is 7.79. The summed E-state index contributed by atoms with van der Waals surface area (Å²) in [6.07, 6.45) is 6.02. The van der Waals surface area contributed by atoms with E-state index in [1.165, 1.54) is 0 Å². The number of benzene rings is 1. The third-order valence-corrected chi connectivity index (χ3v) is 5.75. The minimum Gasteiger partial charge on any atom is -0.452 e. The van der Waals surface area contributed by atoms with Crippen molar-refractivity contribution in [2.75, 3.05) is 19.7 Å². The first kappa shape index (κ1) is 18.0. The van der Waals surface area contributed by atoms with Gasteiger partial charge in [-0.25, -0.2) is 4.79 Å². The molecule has 1 amide bonds. The van der Waals surface area contributed by atoms with Gasteiger partial charge in [0.2, 0.25) is 0 Å². The highest BCUT2D eigenvalue weighted by atomic mass is 16.5. The van der Waals surface area contributed by atoms with Gasteiger partial charge in [-0.2, -0.15) is 0 Å². The second kappa shape index (κ2) is 7.67. The Hall–Kier alpha value is -2.43. The number of hydrogen-bond acceptors (Lipinski definition) is 4. The maximum absolute atomic E-state index is 13.0. The Bertz CT molecular complexity index is 871. The van der Waals surface area contributed by atoms with Gasteiger partial charge in [0.25, 0.3) is 5.91 Å². The second-order valence-corrected chi connectivity index (χ2v) is 7.79. The molecule has 1 aromatic carbocycles.